The van der Waals surface area contributed by atoms with Gasteiger partial charge < -0.3 is 19.9 Å². The highest BCUT2D eigenvalue weighted by Crippen LogP contribution is 2.33. The van der Waals surface area contributed by atoms with Crippen molar-refractivity contribution in [2.24, 2.45) is 5.92 Å². The van der Waals surface area contributed by atoms with Gasteiger partial charge in [-0.3, -0.25) is 4.79 Å². The van der Waals surface area contributed by atoms with Crippen LogP contribution in [0.4, 0.5) is 0 Å². The first-order valence-electron chi connectivity index (χ1n) is 7.46. The van der Waals surface area contributed by atoms with Crippen LogP contribution in [0.25, 0.3) is 0 Å². The van der Waals surface area contributed by atoms with E-state index in [4.69, 9.17) is 9.47 Å². The van der Waals surface area contributed by atoms with E-state index in [-0.39, 0.29) is 12.7 Å². The van der Waals surface area contributed by atoms with Crippen LogP contribution in [0.3, 0.4) is 0 Å². The minimum absolute atomic E-state index is 0.193. The van der Waals surface area contributed by atoms with Crippen LogP contribution in [-0.2, 0) is 0 Å². The van der Waals surface area contributed by atoms with Gasteiger partial charge in [0.1, 0.15) is 0 Å². The summed E-state index contributed by atoms with van der Waals surface area (Å²) in [6, 6.07) is 5.11. The summed E-state index contributed by atoms with van der Waals surface area (Å²) in [4.78, 5) is 12.2. The fourth-order valence-electron chi connectivity index (χ4n) is 3.18. The number of rotatable bonds is 3. The minimum Gasteiger partial charge on any atom is -0.454 e. The summed E-state index contributed by atoms with van der Waals surface area (Å²) in [5.74, 6) is 1.56. The van der Waals surface area contributed by atoms with Gasteiger partial charge in [0.15, 0.2) is 11.5 Å². The maximum atomic E-state index is 12.2. The van der Waals surface area contributed by atoms with Gasteiger partial charge in [0.05, 0.1) is 5.60 Å². The molecule has 0 bridgehead atoms. The van der Waals surface area contributed by atoms with E-state index >= 15 is 0 Å². The monoisotopic (exact) mass is 291 g/mol. The van der Waals surface area contributed by atoms with Gasteiger partial charge in [-0.25, -0.2) is 0 Å². The van der Waals surface area contributed by atoms with Crippen molar-refractivity contribution in [2.45, 2.75) is 38.2 Å². The van der Waals surface area contributed by atoms with Crippen LogP contribution < -0.4 is 14.8 Å². The van der Waals surface area contributed by atoms with Gasteiger partial charge in [-0.2, -0.15) is 0 Å². The Bertz CT molecular complexity index is 545. The summed E-state index contributed by atoms with van der Waals surface area (Å²) in [7, 11) is 0. The van der Waals surface area contributed by atoms with Crippen LogP contribution in [0.1, 0.15) is 43.0 Å². The van der Waals surface area contributed by atoms with Crippen LogP contribution in [0, 0.1) is 5.92 Å². The minimum atomic E-state index is -0.774. The molecule has 1 saturated carbocycles. The van der Waals surface area contributed by atoms with Crippen molar-refractivity contribution in [1.29, 1.82) is 0 Å². The molecule has 1 fully saturated rings. The highest BCUT2D eigenvalue weighted by Gasteiger charge is 2.33. The Labute approximate surface area is 124 Å². The first-order chi connectivity index (χ1) is 10.1. The molecule has 0 aromatic heterocycles. The number of benzene rings is 1. The summed E-state index contributed by atoms with van der Waals surface area (Å²) in [5.41, 5.74) is -0.254. The number of fused-ring (bicyclic) bond motifs is 1. The molecule has 1 aliphatic carbocycles. The van der Waals surface area contributed by atoms with Crippen LogP contribution >= 0.6 is 0 Å². The largest absolute Gasteiger partial charge is 0.454 e. The molecule has 0 saturated heterocycles. The smallest absolute Gasteiger partial charge is 0.251 e. The Morgan fingerprint density at radius 3 is 3.05 bits per heavy atom. The van der Waals surface area contributed by atoms with Crippen LogP contribution in [0.2, 0.25) is 0 Å². The number of hydrogen-bond donors (Lipinski definition) is 2. The molecule has 2 N–H and O–H groups in total. The second-order valence-corrected chi connectivity index (χ2v) is 6.18. The van der Waals surface area contributed by atoms with Crippen molar-refractivity contribution in [3.05, 3.63) is 23.8 Å². The lowest BCUT2D eigenvalue weighted by Crippen LogP contribution is -2.45. The van der Waals surface area contributed by atoms with E-state index in [1.54, 1.807) is 18.2 Å². The fraction of sp³-hybridized carbons (Fsp3) is 0.562. The van der Waals surface area contributed by atoms with Gasteiger partial charge in [0.25, 0.3) is 5.91 Å². The van der Waals surface area contributed by atoms with Crippen molar-refractivity contribution in [1.82, 2.24) is 5.32 Å². The molecule has 2 aliphatic rings. The van der Waals surface area contributed by atoms with Gasteiger partial charge >= 0.3 is 0 Å². The predicted octanol–water partition coefficient (Wildman–Crippen LogP) is 2.09. The molecule has 2 unspecified atom stereocenters. The van der Waals surface area contributed by atoms with Crippen molar-refractivity contribution >= 4 is 5.91 Å². The van der Waals surface area contributed by atoms with E-state index in [0.29, 0.717) is 29.5 Å². The second kappa shape index (κ2) is 5.56. The van der Waals surface area contributed by atoms with Gasteiger partial charge in [-0.1, -0.05) is 19.8 Å². The molecular formula is C16H21NO4. The Balaban J connectivity index is 1.61. The third kappa shape index (κ3) is 3.13. The molecule has 1 amide bonds. The van der Waals surface area contributed by atoms with Gasteiger partial charge in [0, 0.05) is 12.1 Å². The Morgan fingerprint density at radius 2 is 2.24 bits per heavy atom. The normalized spacial score (nSPS) is 27.4. The van der Waals surface area contributed by atoms with Crippen LogP contribution in [0.5, 0.6) is 11.5 Å². The van der Waals surface area contributed by atoms with Gasteiger partial charge in [-0.15, -0.1) is 0 Å². The molecule has 2 atom stereocenters. The number of carbonyl (C=O) groups is 1. The van der Waals surface area contributed by atoms with E-state index in [0.717, 1.165) is 25.7 Å². The second-order valence-electron chi connectivity index (χ2n) is 6.18. The summed E-state index contributed by atoms with van der Waals surface area (Å²) in [5, 5.41) is 13.4. The molecule has 114 valence electrons. The summed E-state index contributed by atoms with van der Waals surface area (Å²) < 4.78 is 10.5. The van der Waals surface area contributed by atoms with Gasteiger partial charge in [0.2, 0.25) is 6.79 Å². The number of carbonyl (C=O) groups excluding carboxylic acids is 1. The lowest BCUT2D eigenvalue weighted by Gasteiger charge is -2.35. The number of hydrogen-bond acceptors (Lipinski definition) is 4. The maximum Gasteiger partial charge on any atom is 0.251 e. The van der Waals surface area contributed by atoms with E-state index in [1.807, 2.05) is 0 Å². The van der Waals surface area contributed by atoms with Crippen LogP contribution in [-0.4, -0.2) is 30.0 Å². The number of amides is 1. The highest BCUT2D eigenvalue weighted by atomic mass is 16.7. The lowest BCUT2D eigenvalue weighted by molar-refractivity contribution is -0.0109. The molecule has 1 aromatic rings. The van der Waals surface area contributed by atoms with E-state index < -0.39 is 5.60 Å². The first kappa shape index (κ1) is 14.2. The van der Waals surface area contributed by atoms with Crippen molar-refractivity contribution < 1.29 is 19.4 Å². The number of aliphatic hydroxyl groups is 1. The first-order valence-corrected chi connectivity index (χ1v) is 7.46. The lowest BCUT2D eigenvalue weighted by atomic mass is 9.79. The Kier molecular flexibility index (Phi) is 3.76. The van der Waals surface area contributed by atoms with Crippen molar-refractivity contribution in [2.75, 3.05) is 13.3 Å². The number of nitrogens with one attached hydrogen (secondary N) is 1. The molecule has 21 heavy (non-hydrogen) atoms. The molecule has 5 heteroatoms. The summed E-state index contributed by atoms with van der Waals surface area (Å²) >= 11 is 0. The summed E-state index contributed by atoms with van der Waals surface area (Å²) in [6.45, 7) is 2.63. The zero-order valence-electron chi connectivity index (χ0n) is 12.2. The predicted molar refractivity (Wildman–Crippen MR) is 77.5 cm³/mol. The average molecular weight is 291 g/mol. The highest BCUT2D eigenvalue weighted by molar-refractivity contribution is 5.95. The topological polar surface area (TPSA) is 67.8 Å². The van der Waals surface area contributed by atoms with Gasteiger partial charge in [-0.05, 0) is 37.0 Å². The maximum absolute atomic E-state index is 12.2. The zero-order chi connectivity index (χ0) is 14.9. The molecule has 0 radical (unpaired) electrons. The van der Waals surface area contributed by atoms with E-state index in [2.05, 4.69) is 12.2 Å². The Hall–Kier alpha value is -1.75. The Morgan fingerprint density at radius 1 is 1.43 bits per heavy atom. The molecule has 3 rings (SSSR count). The van der Waals surface area contributed by atoms with E-state index in [1.165, 1.54) is 0 Å². The molecule has 1 heterocycles. The zero-order valence-corrected chi connectivity index (χ0v) is 12.2. The quantitative estimate of drug-likeness (QED) is 0.895. The summed E-state index contributed by atoms with van der Waals surface area (Å²) in [6.07, 6.45) is 3.66. The van der Waals surface area contributed by atoms with E-state index in [9.17, 15) is 9.90 Å². The SMILES string of the molecule is CC1CCCC(O)(CNC(=O)c2ccc3c(c2)OCO3)C1. The average Bonchev–Trinajstić information content (AvgIpc) is 2.92. The molecule has 5 nitrogen and oxygen atoms in total. The van der Waals surface area contributed by atoms with Crippen LogP contribution in [0.15, 0.2) is 18.2 Å². The number of ether oxygens (including phenoxy) is 2. The molecule has 1 aliphatic heterocycles. The van der Waals surface area contributed by atoms with Crippen molar-refractivity contribution in [3.63, 3.8) is 0 Å². The fourth-order valence-corrected chi connectivity index (χ4v) is 3.18. The molecule has 1 aromatic carbocycles. The standard InChI is InChI=1S/C16H21NO4/c1-11-3-2-6-16(19,8-11)9-17-15(18)12-4-5-13-14(7-12)21-10-20-13/h4-5,7,11,19H,2-3,6,8-10H2,1H3,(H,17,18). The third-order valence-electron chi connectivity index (χ3n) is 4.28. The third-order valence-corrected chi connectivity index (χ3v) is 4.28. The molecular weight excluding hydrogens is 270 g/mol. The van der Waals surface area contributed by atoms with Crippen molar-refractivity contribution in [3.8, 4) is 11.5 Å². The molecule has 0 spiro atoms.